The fraction of sp³-hybridized carbons (Fsp3) is 1.00. The van der Waals surface area contributed by atoms with Crippen LogP contribution in [0.15, 0.2) is 0 Å². The van der Waals surface area contributed by atoms with Crippen molar-refractivity contribution >= 4 is 0 Å². The number of rotatable bonds is 2. The number of hydrogen-bond acceptors (Lipinski definition) is 3. The minimum atomic E-state index is -0.251. The molecule has 11 heavy (non-hydrogen) atoms. The quantitative estimate of drug-likeness (QED) is 0.641. The van der Waals surface area contributed by atoms with E-state index < -0.39 is 0 Å². The van der Waals surface area contributed by atoms with E-state index in [9.17, 15) is 5.11 Å². The summed E-state index contributed by atoms with van der Waals surface area (Å²) in [7, 11) is 3.35. The van der Waals surface area contributed by atoms with Crippen LogP contribution in [0.1, 0.15) is 19.3 Å². The molecule has 3 heteroatoms. The summed E-state index contributed by atoms with van der Waals surface area (Å²) in [4.78, 5) is 0. The van der Waals surface area contributed by atoms with E-state index in [4.69, 9.17) is 9.47 Å². The molecule has 2 unspecified atom stereocenters. The highest BCUT2D eigenvalue weighted by Crippen LogP contribution is 2.22. The summed E-state index contributed by atoms with van der Waals surface area (Å²) >= 11 is 0. The number of aliphatic hydroxyl groups excluding tert-OH is 1. The zero-order chi connectivity index (χ0) is 8.27. The van der Waals surface area contributed by atoms with Crippen LogP contribution in [-0.4, -0.2) is 37.6 Å². The van der Waals surface area contributed by atoms with Crippen molar-refractivity contribution in [2.45, 2.75) is 37.6 Å². The summed E-state index contributed by atoms with van der Waals surface area (Å²) in [6.45, 7) is 0. The van der Waals surface area contributed by atoms with Gasteiger partial charge in [0, 0.05) is 14.2 Å². The van der Waals surface area contributed by atoms with Gasteiger partial charge in [0.15, 0.2) is 0 Å². The largest absolute Gasteiger partial charge is 0.393 e. The predicted octanol–water partition coefficient (Wildman–Crippen LogP) is 0.561. The minimum absolute atomic E-state index is 0.170. The van der Waals surface area contributed by atoms with Gasteiger partial charge >= 0.3 is 0 Å². The number of methoxy groups -OCH3 is 2. The third kappa shape index (κ3) is 2.43. The summed E-state index contributed by atoms with van der Waals surface area (Å²) in [5, 5.41) is 9.35. The molecule has 0 saturated heterocycles. The molecule has 1 rings (SSSR count). The summed E-state index contributed by atoms with van der Waals surface area (Å²) in [6, 6.07) is 0. The maximum atomic E-state index is 9.35. The van der Waals surface area contributed by atoms with E-state index in [0.717, 1.165) is 19.3 Å². The van der Waals surface area contributed by atoms with Gasteiger partial charge in [0.1, 0.15) is 0 Å². The molecule has 0 amide bonds. The smallest absolute Gasteiger partial charge is 0.0620 e. The molecule has 0 radical (unpaired) electrons. The van der Waals surface area contributed by atoms with Crippen molar-refractivity contribution in [1.29, 1.82) is 0 Å². The van der Waals surface area contributed by atoms with Crippen molar-refractivity contribution in [1.82, 2.24) is 0 Å². The fourth-order valence-corrected chi connectivity index (χ4v) is 1.57. The molecule has 0 bridgehead atoms. The number of hydrogen-bond donors (Lipinski definition) is 1. The first kappa shape index (κ1) is 8.97. The lowest BCUT2D eigenvalue weighted by Crippen LogP contribution is -2.34. The van der Waals surface area contributed by atoms with Crippen molar-refractivity contribution in [3.05, 3.63) is 0 Å². The first-order chi connectivity index (χ1) is 5.26. The maximum absolute atomic E-state index is 9.35. The highest BCUT2D eigenvalue weighted by atomic mass is 16.5. The lowest BCUT2D eigenvalue weighted by Gasteiger charge is -2.30. The molecule has 0 heterocycles. The zero-order valence-corrected chi connectivity index (χ0v) is 7.12. The fourth-order valence-electron chi connectivity index (χ4n) is 1.57. The summed E-state index contributed by atoms with van der Waals surface area (Å²) in [5.41, 5.74) is 0. The van der Waals surface area contributed by atoms with Gasteiger partial charge in [0.2, 0.25) is 0 Å². The van der Waals surface area contributed by atoms with Crippen LogP contribution in [-0.2, 0) is 9.47 Å². The molecular formula is C8H16O3. The molecule has 0 spiro atoms. The molecule has 1 saturated carbocycles. The molecule has 0 aromatic rings. The van der Waals surface area contributed by atoms with Crippen LogP contribution >= 0.6 is 0 Å². The van der Waals surface area contributed by atoms with E-state index in [0.29, 0.717) is 0 Å². The van der Waals surface area contributed by atoms with E-state index >= 15 is 0 Å². The molecule has 1 fully saturated rings. The third-order valence-electron chi connectivity index (χ3n) is 2.26. The second kappa shape index (κ2) is 4.04. The lowest BCUT2D eigenvalue weighted by atomic mass is 9.92. The van der Waals surface area contributed by atoms with Crippen LogP contribution in [0.25, 0.3) is 0 Å². The Morgan fingerprint density at radius 2 is 1.45 bits per heavy atom. The normalized spacial score (nSPS) is 39.0. The van der Waals surface area contributed by atoms with Gasteiger partial charge in [-0.15, -0.1) is 0 Å². The average molecular weight is 160 g/mol. The molecule has 2 atom stereocenters. The van der Waals surface area contributed by atoms with Crippen LogP contribution in [0, 0.1) is 0 Å². The lowest BCUT2D eigenvalue weighted by molar-refractivity contribution is -0.0569. The Hall–Kier alpha value is -0.120. The third-order valence-corrected chi connectivity index (χ3v) is 2.26. The van der Waals surface area contributed by atoms with Gasteiger partial charge in [-0.3, -0.25) is 0 Å². The Morgan fingerprint density at radius 3 is 1.82 bits per heavy atom. The standard InChI is InChI=1S/C8H16O3/c1-10-7-3-6(9)4-8(5-7)11-2/h6-9H,3-5H2,1-2H3. The maximum Gasteiger partial charge on any atom is 0.0620 e. The van der Waals surface area contributed by atoms with Gasteiger partial charge in [-0.05, 0) is 19.3 Å². The first-order valence-electron chi connectivity index (χ1n) is 4.00. The summed E-state index contributed by atoms with van der Waals surface area (Å²) in [5.74, 6) is 0. The SMILES string of the molecule is COC1CC(O)CC(OC)C1. The topological polar surface area (TPSA) is 38.7 Å². The Bertz CT molecular complexity index is 104. The molecule has 1 aliphatic carbocycles. The van der Waals surface area contributed by atoms with Crippen molar-refractivity contribution in [2.24, 2.45) is 0 Å². The molecule has 0 aliphatic heterocycles. The monoisotopic (exact) mass is 160 g/mol. The van der Waals surface area contributed by atoms with Gasteiger partial charge in [-0.25, -0.2) is 0 Å². The zero-order valence-electron chi connectivity index (χ0n) is 7.12. The van der Waals surface area contributed by atoms with Crippen molar-refractivity contribution in [2.75, 3.05) is 14.2 Å². The second-order valence-electron chi connectivity index (χ2n) is 3.08. The van der Waals surface area contributed by atoms with Gasteiger partial charge in [0.25, 0.3) is 0 Å². The van der Waals surface area contributed by atoms with Gasteiger partial charge in [0.05, 0.1) is 18.3 Å². The summed E-state index contributed by atoms with van der Waals surface area (Å²) < 4.78 is 10.3. The van der Waals surface area contributed by atoms with E-state index in [-0.39, 0.29) is 18.3 Å². The average Bonchev–Trinajstić information content (AvgIpc) is 2.03. The Labute approximate surface area is 67.3 Å². The van der Waals surface area contributed by atoms with Gasteiger partial charge in [-0.1, -0.05) is 0 Å². The van der Waals surface area contributed by atoms with Crippen LogP contribution in [0.4, 0.5) is 0 Å². The van der Waals surface area contributed by atoms with E-state index in [1.165, 1.54) is 0 Å². The molecule has 0 aromatic heterocycles. The van der Waals surface area contributed by atoms with Crippen molar-refractivity contribution in [3.63, 3.8) is 0 Å². The van der Waals surface area contributed by atoms with Crippen molar-refractivity contribution in [3.8, 4) is 0 Å². The molecule has 3 nitrogen and oxygen atoms in total. The molecule has 1 N–H and O–H groups in total. The van der Waals surface area contributed by atoms with Crippen LogP contribution in [0.5, 0.6) is 0 Å². The Kier molecular flexibility index (Phi) is 3.30. The number of aliphatic hydroxyl groups is 1. The first-order valence-corrected chi connectivity index (χ1v) is 4.00. The van der Waals surface area contributed by atoms with Gasteiger partial charge < -0.3 is 14.6 Å². The second-order valence-corrected chi connectivity index (χ2v) is 3.08. The highest BCUT2D eigenvalue weighted by molar-refractivity contribution is 4.79. The van der Waals surface area contributed by atoms with Crippen LogP contribution in [0.2, 0.25) is 0 Å². The molecular weight excluding hydrogens is 144 g/mol. The molecule has 1 aliphatic rings. The summed E-state index contributed by atoms with van der Waals surface area (Å²) in [6.07, 6.45) is 2.49. The van der Waals surface area contributed by atoms with E-state index in [2.05, 4.69) is 0 Å². The predicted molar refractivity (Wildman–Crippen MR) is 41.5 cm³/mol. The number of ether oxygens (including phenoxy) is 2. The van der Waals surface area contributed by atoms with Crippen molar-refractivity contribution < 1.29 is 14.6 Å². The van der Waals surface area contributed by atoms with Crippen LogP contribution in [0.3, 0.4) is 0 Å². The Balaban J connectivity index is 2.37. The molecule has 66 valence electrons. The van der Waals surface area contributed by atoms with E-state index in [1.54, 1.807) is 14.2 Å². The van der Waals surface area contributed by atoms with Crippen LogP contribution < -0.4 is 0 Å². The molecule has 0 aromatic carbocycles. The van der Waals surface area contributed by atoms with E-state index in [1.807, 2.05) is 0 Å². The minimum Gasteiger partial charge on any atom is -0.393 e. The Morgan fingerprint density at radius 1 is 1.00 bits per heavy atom. The van der Waals surface area contributed by atoms with Gasteiger partial charge in [-0.2, -0.15) is 0 Å². The highest BCUT2D eigenvalue weighted by Gasteiger charge is 2.27.